The monoisotopic (exact) mass is 147 g/mol. The molecule has 1 unspecified atom stereocenters. The Balaban J connectivity index is 2.89. The molecule has 0 aromatic rings. The zero-order chi connectivity index (χ0) is 7.82. The lowest BCUT2D eigenvalue weighted by atomic mass is 10.2. The molecule has 0 rings (SSSR count). The Morgan fingerprint density at radius 3 is 2.80 bits per heavy atom. The fourth-order valence-corrected chi connectivity index (χ4v) is 0.533. The molecule has 1 radical (unpaired) electrons. The van der Waals surface area contributed by atoms with E-state index in [2.05, 4.69) is 6.92 Å². The van der Waals surface area contributed by atoms with Crippen LogP contribution in [-0.4, -0.2) is 19.9 Å². The number of ether oxygens (including phenoxy) is 1. The number of hydrogen-bond donors (Lipinski definition) is 0. The Kier molecular flexibility index (Phi) is 6.93. The summed E-state index contributed by atoms with van der Waals surface area (Å²) in [5.74, 6) is 0.0461. The largest absolute Gasteiger partial charge is 0.381 e. The standard InChI is InChI=1S/C8H16FO/c1-3-4-5-10-7-8(2)6-9/h8H,1,3-7H2,2H3. The van der Waals surface area contributed by atoms with Crippen LogP contribution < -0.4 is 0 Å². The summed E-state index contributed by atoms with van der Waals surface area (Å²) in [4.78, 5) is 0. The number of unbranched alkanes of at least 4 members (excludes halogenated alkanes) is 1. The molecule has 0 heterocycles. The van der Waals surface area contributed by atoms with Crippen LogP contribution >= 0.6 is 0 Å². The van der Waals surface area contributed by atoms with E-state index in [1.807, 2.05) is 6.92 Å². The van der Waals surface area contributed by atoms with Gasteiger partial charge in [-0.2, -0.15) is 0 Å². The highest BCUT2D eigenvalue weighted by Gasteiger charge is 1.98. The fourth-order valence-electron chi connectivity index (χ4n) is 0.533. The second-order valence-corrected chi connectivity index (χ2v) is 2.54. The van der Waals surface area contributed by atoms with Crippen molar-refractivity contribution in [3.63, 3.8) is 0 Å². The lowest BCUT2D eigenvalue weighted by Crippen LogP contribution is -2.08. The summed E-state index contributed by atoms with van der Waals surface area (Å²) in [5.41, 5.74) is 0. The molecule has 0 spiro atoms. The summed E-state index contributed by atoms with van der Waals surface area (Å²) in [5, 5.41) is 0. The lowest BCUT2D eigenvalue weighted by Gasteiger charge is -2.06. The minimum absolute atomic E-state index is 0.0461. The minimum Gasteiger partial charge on any atom is -0.381 e. The molecule has 0 aromatic heterocycles. The van der Waals surface area contributed by atoms with E-state index in [-0.39, 0.29) is 12.6 Å². The van der Waals surface area contributed by atoms with Crippen molar-refractivity contribution in [2.45, 2.75) is 19.8 Å². The van der Waals surface area contributed by atoms with Gasteiger partial charge in [-0.1, -0.05) is 20.3 Å². The van der Waals surface area contributed by atoms with Gasteiger partial charge >= 0.3 is 0 Å². The quantitative estimate of drug-likeness (QED) is 0.523. The summed E-state index contributed by atoms with van der Waals surface area (Å²) >= 11 is 0. The molecule has 0 aliphatic carbocycles. The summed E-state index contributed by atoms with van der Waals surface area (Å²) in [6.07, 6.45) is 1.86. The van der Waals surface area contributed by atoms with E-state index in [4.69, 9.17) is 4.74 Å². The molecule has 0 bridgehead atoms. The Labute approximate surface area is 62.6 Å². The molecule has 0 amide bonds. The first-order valence-corrected chi connectivity index (χ1v) is 3.74. The zero-order valence-corrected chi connectivity index (χ0v) is 6.61. The van der Waals surface area contributed by atoms with Crippen molar-refractivity contribution in [2.75, 3.05) is 19.9 Å². The molecule has 10 heavy (non-hydrogen) atoms. The molecule has 0 saturated carbocycles. The summed E-state index contributed by atoms with van der Waals surface area (Å²) in [6.45, 7) is 6.47. The maximum Gasteiger partial charge on any atom is 0.0941 e. The Morgan fingerprint density at radius 2 is 2.30 bits per heavy atom. The molecule has 61 valence electrons. The van der Waals surface area contributed by atoms with E-state index in [1.165, 1.54) is 0 Å². The van der Waals surface area contributed by atoms with Gasteiger partial charge in [0.2, 0.25) is 0 Å². The van der Waals surface area contributed by atoms with Crippen molar-refractivity contribution in [1.82, 2.24) is 0 Å². The van der Waals surface area contributed by atoms with Crippen LogP contribution in [0.2, 0.25) is 0 Å². The van der Waals surface area contributed by atoms with Crippen molar-refractivity contribution >= 4 is 0 Å². The first kappa shape index (κ1) is 9.89. The van der Waals surface area contributed by atoms with Gasteiger partial charge in [0.05, 0.1) is 13.3 Å². The van der Waals surface area contributed by atoms with Gasteiger partial charge in [-0.3, -0.25) is 4.39 Å². The highest BCUT2D eigenvalue weighted by atomic mass is 19.1. The third kappa shape index (κ3) is 6.02. The van der Waals surface area contributed by atoms with Crippen LogP contribution in [0.1, 0.15) is 19.8 Å². The molecule has 0 aromatic carbocycles. The maximum absolute atomic E-state index is 11.8. The predicted molar refractivity (Wildman–Crippen MR) is 40.5 cm³/mol. The first-order valence-electron chi connectivity index (χ1n) is 3.74. The normalized spacial score (nSPS) is 13.5. The van der Waals surface area contributed by atoms with Gasteiger partial charge in [0.15, 0.2) is 0 Å². The Morgan fingerprint density at radius 1 is 1.60 bits per heavy atom. The SMILES string of the molecule is [CH2]CCCOCC(C)CF. The molecule has 0 N–H and O–H groups in total. The molecule has 1 nitrogen and oxygen atoms in total. The van der Waals surface area contributed by atoms with E-state index in [9.17, 15) is 4.39 Å². The molecular weight excluding hydrogens is 131 g/mol. The average Bonchev–Trinajstić information content (AvgIpc) is 1.98. The molecule has 0 aliphatic heterocycles. The minimum atomic E-state index is -0.287. The van der Waals surface area contributed by atoms with E-state index >= 15 is 0 Å². The van der Waals surface area contributed by atoms with Gasteiger partial charge in [-0.25, -0.2) is 0 Å². The fraction of sp³-hybridized carbons (Fsp3) is 0.875. The van der Waals surface area contributed by atoms with Crippen molar-refractivity contribution in [1.29, 1.82) is 0 Å². The van der Waals surface area contributed by atoms with E-state index < -0.39 is 0 Å². The molecular formula is C8H16FO. The summed E-state index contributed by atoms with van der Waals surface area (Å²) in [6, 6.07) is 0. The van der Waals surface area contributed by atoms with E-state index in [1.54, 1.807) is 0 Å². The number of halogens is 1. The van der Waals surface area contributed by atoms with Crippen LogP contribution in [0.25, 0.3) is 0 Å². The van der Waals surface area contributed by atoms with Crippen molar-refractivity contribution in [3.8, 4) is 0 Å². The number of hydrogen-bond acceptors (Lipinski definition) is 1. The number of rotatable bonds is 6. The molecule has 2 heteroatoms. The maximum atomic E-state index is 11.8. The molecule has 1 atom stereocenters. The van der Waals surface area contributed by atoms with Gasteiger partial charge in [-0.05, 0) is 6.42 Å². The van der Waals surface area contributed by atoms with Crippen LogP contribution in [0.3, 0.4) is 0 Å². The van der Waals surface area contributed by atoms with Crippen molar-refractivity contribution < 1.29 is 9.13 Å². The van der Waals surface area contributed by atoms with Crippen molar-refractivity contribution in [2.24, 2.45) is 5.92 Å². The first-order chi connectivity index (χ1) is 4.81. The third-order valence-electron chi connectivity index (χ3n) is 1.20. The summed E-state index contributed by atoms with van der Waals surface area (Å²) in [7, 11) is 0. The second kappa shape index (κ2) is 7.00. The lowest BCUT2D eigenvalue weighted by molar-refractivity contribution is 0.0942. The van der Waals surface area contributed by atoms with Crippen LogP contribution in [0.4, 0.5) is 4.39 Å². The van der Waals surface area contributed by atoms with Gasteiger partial charge in [0.1, 0.15) is 0 Å². The number of alkyl halides is 1. The van der Waals surface area contributed by atoms with Crippen LogP contribution in [0, 0.1) is 12.8 Å². The topological polar surface area (TPSA) is 9.23 Å². The summed E-state index contributed by atoms with van der Waals surface area (Å²) < 4.78 is 17.0. The van der Waals surface area contributed by atoms with Crippen LogP contribution in [0.15, 0.2) is 0 Å². The van der Waals surface area contributed by atoms with Crippen LogP contribution in [0.5, 0.6) is 0 Å². The van der Waals surface area contributed by atoms with Crippen LogP contribution in [-0.2, 0) is 4.74 Å². The van der Waals surface area contributed by atoms with E-state index in [0.29, 0.717) is 13.2 Å². The second-order valence-electron chi connectivity index (χ2n) is 2.54. The highest BCUT2D eigenvalue weighted by molar-refractivity contribution is 4.47. The molecule has 0 aliphatic rings. The van der Waals surface area contributed by atoms with Crippen molar-refractivity contribution in [3.05, 3.63) is 6.92 Å². The van der Waals surface area contributed by atoms with Gasteiger partial charge in [0.25, 0.3) is 0 Å². The Bertz CT molecular complexity index is 66.3. The smallest absolute Gasteiger partial charge is 0.0941 e. The Hall–Kier alpha value is -0.110. The highest BCUT2D eigenvalue weighted by Crippen LogP contribution is 1.97. The zero-order valence-electron chi connectivity index (χ0n) is 6.61. The predicted octanol–water partition coefficient (Wildman–Crippen LogP) is 2.22. The van der Waals surface area contributed by atoms with Gasteiger partial charge in [0, 0.05) is 12.5 Å². The van der Waals surface area contributed by atoms with Gasteiger partial charge < -0.3 is 4.74 Å². The molecule has 0 saturated heterocycles. The molecule has 0 fully saturated rings. The van der Waals surface area contributed by atoms with Gasteiger partial charge in [-0.15, -0.1) is 0 Å². The van der Waals surface area contributed by atoms with E-state index in [0.717, 1.165) is 12.8 Å². The third-order valence-corrected chi connectivity index (χ3v) is 1.20. The average molecular weight is 147 g/mol.